The lowest BCUT2D eigenvalue weighted by molar-refractivity contribution is -0.180. The molecule has 2 heterocycles. The molecule has 0 fully saturated rings. The lowest BCUT2D eigenvalue weighted by Crippen LogP contribution is -2.47. The minimum absolute atomic E-state index is 0.144. The highest BCUT2D eigenvalue weighted by atomic mass is 32.2. The molecule has 0 saturated carbocycles. The van der Waals surface area contributed by atoms with Crippen molar-refractivity contribution in [3.8, 4) is 5.75 Å². The number of fused-ring (bicyclic) bond motifs is 1. The number of alkyl halides is 3. The van der Waals surface area contributed by atoms with Crippen LogP contribution in [0.5, 0.6) is 5.75 Å². The van der Waals surface area contributed by atoms with Gasteiger partial charge in [0.25, 0.3) is 0 Å². The quantitative estimate of drug-likeness (QED) is 0.375. The lowest BCUT2D eigenvalue weighted by Gasteiger charge is -2.34. The molecular formula is C14H20BF3N4O5S. The summed E-state index contributed by atoms with van der Waals surface area (Å²) in [4.78, 5) is 7.61. The van der Waals surface area contributed by atoms with Gasteiger partial charge in [-0.25, -0.2) is 4.72 Å². The molecule has 1 aromatic heterocycles. The molecule has 28 heavy (non-hydrogen) atoms. The number of guanidine groups is 1. The third kappa shape index (κ3) is 5.26. The van der Waals surface area contributed by atoms with E-state index in [-0.39, 0.29) is 13.2 Å². The first-order valence-electron chi connectivity index (χ1n) is 8.11. The van der Waals surface area contributed by atoms with Crippen LogP contribution in [0.3, 0.4) is 0 Å². The minimum Gasteiger partial charge on any atom is -0.461 e. The van der Waals surface area contributed by atoms with E-state index in [1.807, 2.05) is 0 Å². The van der Waals surface area contributed by atoms with Gasteiger partial charge in [0.15, 0.2) is 5.96 Å². The zero-order valence-electron chi connectivity index (χ0n) is 15.6. The van der Waals surface area contributed by atoms with Gasteiger partial charge < -0.3 is 19.8 Å². The SMILES string of the molecule is CB(O)/N=C(/NCc1cnc(C)c2c1COC(C)(C)O2)NS(=O)(=O)C(F)(F)F. The Morgan fingerprint density at radius 1 is 1.46 bits per heavy atom. The van der Waals surface area contributed by atoms with Gasteiger partial charge in [-0.1, -0.05) is 0 Å². The molecule has 156 valence electrons. The summed E-state index contributed by atoms with van der Waals surface area (Å²) in [7, 11) is -7.15. The van der Waals surface area contributed by atoms with Crippen molar-refractivity contribution in [3.05, 3.63) is 23.0 Å². The normalized spacial score (nSPS) is 16.8. The van der Waals surface area contributed by atoms with Crippen molar-refractivity contribution in [2.24, 2.45) is 4.90 Å². The van der Waals surface area contributed by atoms with E-state index < -0.39 is 34.3 Å². The maximum Gasteiger partial charge on any atom is 0.516 e. The van der Waals surface area contributed by atoms with Crippen molar-refractivity contribution >= 4 is 23.0 Å². The van der Waals surface area contributed by atoms with Crippen LogP contribution in [0.1, 0.15) is 30.7 Å². The number of hydrogen-bond acceptors (Lipinski definition) is 7. The van der Waals surface area contributed by atoms with Crippen molar-refractivity contribution in [1.82, 2.24) is 15.0 Å². The second-order valence-corrected chi connectivity index (χ2v) is 8.16. The Hall–Kier alpha value is -2.06. The van der Waals surface area contributed by atoms with Crippen LogP contribution >= 0.6 is 0 Å². The maximum atomic E-state index is 12.6. The number of aryl methyl sites for hydroxylation is 1. The highest BCUT2D eigenvalue weighted by Gasteiger charge is 2.46. The summed E-state index contributed by atoms with van der Waals surface area (Å²) in [5.41, 5.74) is -3.81. The Labute approximate surface area is 160 Å². The first kappa shape index (κ1) is 22.2. The molecule has 0 bridgehead atoms. The fourth-order valence-electron chi connectivity index (χ4n) is 2.30. The first-order valence-corrected chi connectivity index (χ1v) is 9.59. The molecule has 1 aromatic rings. The third-order valence-corrected chi connectivity index (χ3v) is 4.69. The van der Waals surface area contributed by atoms with Gasteiger partial charge in [0, 0.05) is 32.2 Å². The number of halogens is 3. The second kappa shape index (κ2) is 7.76. The Bertz CT molecular complexity index is 874. The van der Waals surface area contributed by atoms with Crippen molar-refractivity contribution < 1.29 is 36.1 Å². The van der Waals surface area contributed by atoms with Crippen LogP contribution < -0.4 is 14.8 Å². The first-order chi connectivity index (χ1) is 12.7. The Morgan fingerprint density at radius 3 is 2.68 bits per heavy atom. The molecular weight excluding hydrogens is 404 g/mol. The Kier molecular flexibility index (Phi) is 6.16. The second-order valence-electron chi connectivity index (χ2n) is 6.48. The molecule has 0 spiro atoms. The molecule has 3 N–H and O–H groups in total. The number of hydrogen-bond donors (Lipinski definition) is 3. The standard InChI is InChI=1S/C14H20BF3N4O5S/c1-8-11-10(7-26-13(2,3)27-11)9(5-19-8)6-20-12(21-15(4)23)22-28(24,25)14(16,17)18/h5,23H,6-7H2,1-4H3,(H2,20,21,22). The molecule has 1 aliphatic heterocycles. The number of rotatable bonds is 4. The van der Waals surface area contributed by atoms with Crippen LogP contribution in [0.25, 0.3) is 0 Å². The zero-order chi connectivity index (χ0) is 21.3. The summed E-state index contributed by atoms with van der Waals surface area (Å²) < 4.78 is 73.0. The molecule has 0 radical (unpaired) electrons. The predicted octanol–water partition coefficient (Wildman–Crippen LogP) is 1.03. The van der Waals surface area contributed by atoms with Gasteiger partial charge in [0.05, 0.1) is 12.3 Å². The highest BCUT2D eigenvalue weighted by Crippen LogP contribution is 2.35. The Balaban J connectivity index is 2.25. The number of nitrogens with one attached hydrogen (secondary N) is 2. The summed E-state index contributed by atoms with van der Waals surface area (Å²) >= 11 is 0. The van der Waals surface area contributed by atoms with Gasteiger partial charge >= 0.3 is 22.6 Å². The van der Waals surface area contributed by atoms with Crippen LogP contribution in [0, 0.1) is 6.92 Å². The summed E-state index contributed by atoms with van der Waals surface area (Å²) in [6.07, 6.45) is 1.46. The molecule has 9 nitrogen and oxygen atoms in total. The summed E-state index contributed by atoms with van der Waals surface area (Å²) in [6, 6.07) is 0. The summed E-state index contributed by atoms with van der Waals surface area (Å²) in [6.45, 7) is 6.35. The van der Waals surface area contributed by atoms with E-state index in [9.17, 15) is 26.6 Å². The molecule has 1 aliphatic rings. The highest BCUT2D eigenvalue weighted by molar-refractivity contribution is 7.90. The third-order valence-electron chi connectivity index (χ3n) is 3.61. The van der Waals surface area contributed by atoms with Gasteiger partial charge in [0.2, 0.25) is 5.79 Å². The van der Waals surface area contributed by atoms with Crippen LogP contribution in [-0.2, 0) is 27.9 Å². The number of nitrogens with zero attached hydrogens (tertiary/aromatic N) is 2. The van der Waals surface area contributed by atoms with Gasteiger partial charge in [-0.15, -0.1) is 0 Å². The average Bonchev–Trinajstić information content (AvgIpc) is 2.52. The van der Waals surface area contributed by atoms with Gasteiger partial charge in [-0.05, 0) is 19.3 Å². The van der Waals surface area contributed by atoms with Crippen molar-refractivity contribution in [2.45, 2.75) is 52.0 Å². The molecule has 14 heteroatoms. The number of ether oxygens (including phenoxy) is 2. The molecule has 0 amide bonds. The number of pyridine rings is 1. The Morgan fingerprint density at radius 2 is 2.11 bits per heavy atom. The fourth-order valence-corrected chi connectivity index (χ4v) is 2.80. The monoisotopic (exact) mass is 424 g/mol. The van der Waals surface area contributed by atoms with Crippen LogP contribution in [0.4, 0.5) is 13.2 Å². The average molecular weight is 424 g/mol. The van der Waals surface area contributed by atoms with Gasteiger partial charge in [-0.2, -0.15) is 21.6 Å². The largest absolute Gasteiger partial charge is 0.516 e. The summed E-state index contributed by atoms with van der Waals surface area (Å²) in [5, 5.41) is 11.7. The molecule has 0 unspecified atom stereocenters. The van der Waals surface area contributed by atoms with Crippen LogP contribution in [-0.4, -0.2) is 42.7 Å². The van der Waals surface area contributed by atoms with E-state index in [0.29, 0.717) is 22.6 Å². The zero-order valence-corrected chi connectivity index (χ0v) is 16.4. The van der Waals surface area contributed by atoms with Crippen molar-refractivity contribution in [3.63, 3.8) is 0 Å². The van der Waals surface area contributed by atoms with E-state index in [4.69, 9.17) is 9.47 Å². The molecule has 0 atom stereocenters. The molecule has 0 saturated heterocycles. The lowest BCUT2D eigenvalue weighted by atomic mass is 9.91. The number of aromatic nitrogens is 1. The maximum absolute atomic E-state index is 12.6. The van der Waals surface area contributed by atoms with Crippen molar-refractivity contribution in [2.75, 3.05) is 0 Å². The fraction of sp³-hybridized carbons (Fsp3) is 0.571. The van der Waals surface area contributed by atoms with E-state index >= 15 is 0 Å². The van der Waals surface area contributed by atoms with Crippen LogP contribution in [0.15, 0.2) is 11.1 Å². The van der Waals surface area contributed by atoms with E-state index in [2.05, 4.69) is 15.2 Å². The van der Waals surface area contributed by atoms with E-state index in [0.717, 1.165) is 6.82 Å². The minimum atomic E-state index is -5.71. The molecule has 0 aromatic carbocycles. The number of sulfonamides is 1. The smallest absolute Gasteiger partial charge is 0.461 e. The van der Waals surface area contributed by atoms with E-state index in [1.54, 1.807) is 20.8 Å². The van der Waals surface area contributed by atoms with Gasteiger partial charge in [-0.3, -0.25) is 9.89 Å². The summed E-state index contributed by atoms with van der Waals surface area (Å²) in [5.74, 6) is -1.15. The van der Waals surface area contributed by atoms with Crippen LogP contribution in [0.2, 0.25) is 6.82 Å². The predicted molar refractivity (Wildman–Crippen MR) is 94.7 cm³/mol. The van der Waals surface area contributed by atoms with E-state index in [1.165, 1.54) is 10.9 Å². The molecule has 0 aliphatic carbocycles. The molecule has 2 rings (SSSR count). The van der Waals surface area contributed by atoms with Crippen molar-refractivity contribution in [1.29, 1.82) is 0 Å². The topological polar surface area (TPSA) is 122 Å². The van der Waals surface area contributed by atoms with Gasteiger partial charge in [0.1, 0.15) is 5.75 Å².